The Labute approximate surface area is 103 Å². The number of aromatic nitrogens is 4. The molecule has 0 saturated carbocycles. The molecule has 0 bridgehead atoms. The second-order valence-corrected chi connectivity index (χ2v) is 3.66. The Bertz CT molecular complexity index is 498. The molecule has 0 aliphatic heterocycles. The molecule has 2 aromatic rings. The van der Waals surface area contributed by atoms with Crippen molar-refractivity contribution in [2.75, 3.05) is 5.32 Å². The summed E-state index contributed by atoms with van der Waals surface area (Å²) in [6, 6.07) is 3.70. The van der Waals surface area contributed by atoms with Gasteiger partial charge in [-0.25, -0.2) is 9.97 Å². The molecule has 2 rings (SSSR count). The van der Waals surface area contributed by atoms with E-state index < -0.39 is 0 Å². The van der Waals surface area contributed by atoms with E-state index in [9.17, 15) is 0 Å². The lowest BCUT2D eigenvalue weighted by molar-refractivity contribution is 0.918. The zero-order valence-electron chi connectivity index (χ0n) is 8.87. The van der Waals surface area contributed by atoms with Crippen LogP contribution in [0, 0.1) is 0 Å². The van der Waals surface area contributed by atoms with Crippen LogP contribution in [0.2, 0.25) is 0 Å². The standard InChI is InChI=1S/C10H10N6S/c11-10(17)8-5-14-9(6-12-8)13-4-7-2-1-3-15-16-7/h1-3,5-6H,4H2,(H2,11,17)(H,13,14). The van der Waals surface area contributed by atoms with Crippen LogP contribution in [0.1, 0.15) is 11.4 Å². The van der Waals surface area contributed by atoms with E-state index in [0.29, 0.717) is 18.1 Å². The average Bonchev–Trinajstić information content (AvgIpc) is 2.38. The van der Waals surface area contributed by atoms with E-state index in [4.69, 9.17) is 18.0 Å². The topological polar surface area (TPSA) is 89.6 Å². The summed E-state index contributed by atoms with van der Waals surface area (Å²) in [4.78, 5) is 8.42. The normalized spacial score (nSPS) is 9.88. The fourth-order valence-corrected chi connectivity index (χ4v) is 1.26. The first-order valence-corrected chi connectivity index (χ1v) is 5.29. The first kappa shape index (κ1) is 11.3. The molecule has 0 amide bonds. The Hall–Kier alpha value is -2.15. The summed E-state index contributed by atoms with van der Waals surface area (Å²) in [6.45, 7) is 0.537. The van der Waals surface area contributed by atoms with Crippen molar-refractivity contribution in [3.63, 3.8) is 0 Å². The molecule has 86 valence electrons. The third-order valence-corrected chi connectivity index (χ3v) is 2.19. The van der Waals surface area contributed by atoms with E-state index >= 15 is 0 Å². The lowest BCUT2D eigenvalue weighted by Crippen LogP contribution is -2.12. The molecule has 6 nitrogen and oxygen atoms in total. The number of rotatable bonds is 4. The second kappa shape index (κ2) is 5.26. The van der Waals surface area contributed by atoms with Gasteiger partial charge in [0.2, 0.25) is 0 Å². The minimum absolute atomic E-state index is 0.234. The third kappa shape index (κ3) is 3.15. The lowest BCUT2D eigenvalue weighted by atomic mass is 10.4. The second-order valence-electron chi connectivity index (χ2n) is 3.22. The fraction of sp³-hybridized carbons (Fsp3) is 0.100. The van der Waals surface area contributed by atoms with Gasteiger partial charge in [-0.15, -0.1) is 0 Å². The molecule has 7 heteroatoms. The maximum atomic E-state index is 5.42. The smallest absolute Gasteiger partial charge is 0.144 e. The molecule has 17 heavy (non-hydrogen) atoms. The summed E-state index contributed by atoms with van der Waals surface area (Å²) in [7, 11) is 0. The van der Waals surface area contributed by atoms with Crippen molar-refractivity contribution >= 4 is 23.0 Å². The summed E-state index contributed by atoms with van der Waals surface area (Å²) in [5, 5.41) is 10.8. The molecule has 0 aromatic carbocycles. The van der Waals surface area contributed by atoms with Gasteiger partial charge in [-0.3, -0.25) is 0 Å². The highest BCUT2D eigenvalue weighted by Crippen LogP contribution is 2.03. The maximum absolute atomic E-state index is 5.42. The van der Waals surface area contributed by atoms with Gasteiger partial charge in [0, 0.05) is 6.20 Å². The molecule has 3 N–H and O–H groups in total. The van der Waals surface area contributed by atoms with E-state index in [-0.39, 0.29) is 4.99 Å². The first-order valence-electron chi connectivity index (χ1n) is 4.88. The Morgan fingerprint density at radius 2 is 2.24 bits per heavy atom. The van der Waals surface area contributed by atoms with E-state index in [1.54, 1.807) is 12.4 Å². The van der Waals surface area contributed by atoms with Crippen LogP contribution in [-0.4, -0.2) is 25.2 Å². The Morgan fingerprint density at radius 1 is 1.35 bits per heavy atom. The monoisotopic (exact) mass is 246 g/mol. The van der Waals surface area contributed by atoms with Gasteiger partial charge < -0.3 is 11.1 Å². The molecule has 2 aromatic heterocycles. The number of nitrogens with zero attached hydrogens (tertiary/aromatic N) is 4. The molecule has 0 aliphatic carbocycles. The Kier molecular flexibility index (Phi) is 3.51. The van der Waals surface area contributed by atoms with Crippen LogP contribution < -0.4 is 11.1 Å². The number of anilines is 1. The quantitative estimate of drug-likeness (QED) is 0.760. The summed E-state index contributed by atoms with van der Waals surface area (Å²) in [5.74, 6) is 0.635. The summed E-state index contributed by atoms with van der Waals surface area (Å²) in [5.41, 5.74) is 6.75. The summed E-state index contributed by atoms with van der Waals surface area (Å²) < 4.78 is 0. The van der Waals surface area contributed by atoms with Gasteiger partial charge in [0.05, 0.1) is 24.6 Å². The van der Waals surface area contributed by atoms with E-state index in [0.717, 1.165) is 5.69 Å². The van der Waals surface area contributed by atoms with Crippen molar-refractivity contribution in [2.24, 2.45) is 5.73 Å². The largest absolute Gasteiger partial charge is 0.388 e. The summed E-state index contributed by atoms with van der Waals surface area (Å²) in [6.07, 6.45) is 4.73. The molecular weight excluding hydrogens is 236 g/mol. The number of nitrogens with one attached hydrogen (secondary N) is 1. The van der Waals surface area contributed by atoms with E-state index in [1.807, 2.05) is 12.1 Å². The lowest BCUT2D eigenvalue weighted by Gasteiger charge is -2.04. The maximum Gasteiger partial charge on any atom is 0.144 e. The van der Waals surface area contributed by atoms with Crippen LogP contribution in [-0.2, 0) is 6.54 Å². The number of nitrogens with two attached hydrogens (primary N) is 1. The molecule has 0 unspecified atom stereocenters. The van der Waals surface area contributed by atoms with Crippen LogP contribution in [0.15, 0.2) is 30.7 Å². The predicted octanol–water partition coefficient (Wildman–Crippen LogP) is 0.513. The Morgan fingerprint density at radius 3 is 2.82 bits per heavy atom. The molecule has 0 radical (unpaired) electrons. The molecule has 0 atom stereocenters. The Balaban J connectivity index is 1.98. The van der Waals surface area contributed by atoms with Gasteiger partial charge in [-0.05, 0) is 12.1 Å². The van der Waals surface area contributed by atoms with Crippen molar-refractivity contribution < 1.29 is 0 Å². The number of hydrogen-bond acceptors (Lipinski definition) is 6. The minimum atomic E-state index is 0.234. The van der Waals surface area contributed by atoms with Crippen LogP contribution in [0.5, 0.6) is 0 Å². The highest BCUT2D eigenvalue weighted by atomic mass is 32.1. The molecule has 0 aliphatic rings. The van der Waals surface area contributed by atoms with Crippen molar-refractivity contribution in [1.82, 2.24) is 20.2 Å². The third-order valence-electron chi connectivity index (χ3n) is 1.98. The number of hydrogen-bond donors (Lipinski definition) is 2. The highest BCUT2D eigenvalue weighted by Gasteiger charge is 2.00. The predicted molar refractivity (Wildman–Crippen MR) is 67.3 cm³/mol. The van der Waals surface area contributed by atoms with Gasteiger partial charge in [-0.2, -0.15) is 10.2 Å². The van der Waals surface area contributed by atoms with Gasteiger partial charge in [0.1, 0.15) is 16.5 Å². The van der Waals surface area contributed by atoms with Crippen molar-refractivity contribution in [1.29, 1.82) is 0 Å². The number of thiocarbonyl (C=S) groups is 1. The van der Waals surface area contributed by atoms with E-state index in [2.05, 4.69) is 25.5 Å². The van der Waals surface area contributed by atoms with Gasteiger partial charge >= 0.3 is 0 Å². The molecular formula is C10H10N6S. The first-order chi connectivity index (χ1) is 8.25. The van der Waals surface area contributed by atoms with Crippen LogP contribution in [0.4, 0.5) is 5.82 Å². The average molecular weight is 246 g/mol. The zero-order chi connectivity index (χ0) is 12.1. The molecule has 0 fully saturated rings. The van der Waals surface area contributed by atoms with Crippen LogP contribution in [0.3, 0.4) is 0 Å². The SMILES string of the molecule is NC(=S)c1cnc(NCc2cccnn2)cn1. The molecule has 0 saturated heterocycles. The highest BCUT2D eigenvalue weighted by molar-refractivity contribution is 7.80. The van der Waals surface area contributed by atoms with Crippen molar-refractivity contribution in [3.8, 4) is 0 Å². The zero-order valence-corrected chi connectivity index (χ0v) is 9.68. The van der Waals surface area contributed by atoms with Crippen molar-refractivity contribution in [3.05, 3.63) is 42.1 Å². The van der Waals surface area contributed by atoms with Gasteiger partial charge in [0.25, 0.3) is 0 Å². The molecule has 0 spiro atoms. The van der Waals surface area contributed by atoms with Gasteiger partial charge in [0.15, 0.2) is 0 Å². The summed E-state index contributed by atoms with van der Waals surface area (Å²) >= 11 is 4.78. The minimum Gasteiger partial charge on any atom is -0.388 e. The van der Waals surface area contributed by atoms with E-state index in [1.165, 1.54) is 6.20 Å². The van der Waals surface area contributed by atoms with Crippen LogP contribution in [0.25, 0.3) is 0 Å². The molecule has 2 heterocycles. The van der Waals surface area contributed by atoms with Gasteiger partial charge in [-0.1, -0.05) is 12.2 Å². The fourth-order valence-electron chi connectivity index (χ4n) is 1.16. The van der Waals surface area contributed by atoms with Crippen molar-refractivity contribution in [2.45, 2.75) is 6.54 Å². The van der Waals surface area contributed by atoms with Crippen LogP contribution >= 0.6 is 12.2 Å².